The number of fused-ring (bicyclic) bond motifs is 2. The quantitative estimate of drug-likeness (QED) is 0.163. The van der Waals surface area contributed by atoms with Gasteiger partial charge in [-0.05, 0) is 76.7 Å². The lowest BCUT2D eigenvalue weighted by Gasteiger charge is -2.37. The Bertz CT molecular complexity index is 2310. The molecule has 0 radical (unpaired) electrons. The van der Waals surface area contributed by atoms with E-state index in [1.165, 1.54) is 23.9 Å². The normalized spacial score (nSPS) is 24.4. The van der Waals surface area contributed by atoms with Gasteiger partial charge in [-0.2, -0.15) is 0 Å². The number of amides is 12. The average Bonchev–Trinajstić information content (AvgIpc) is 3.38. The fraction of sp³-hybridized carbons (Fsp3) is 0.647. The average molecular weight is 1080 g/mol. The first kappa shape index (κ1) is 62.0. The van der Waals surface area contributed by atoms with Crippen LogP contribution in [0.3, 0.4) is 0 Å². The van der Waals surface area contributed by atoms with Crippen LogP contribution < -0.4 is 42.5 Å². The van der Waals surface area contributed by atoms with E-state index in [4.69, 9.17) is 9.47 Å². The van der Waals surface area contributed by atoms with Gasteiger partial charge in [-0.3, -0.25) is 47.9 Å². The molecule has 0 aromatic heterocycles. The molecule has 1 aromatic carbocycles. The first-order chi connectivity index (χ1) is 36.3. The molecule has 3 heterocycles. The third-order valence-electron chi connectivity index (χ3n) is 13.1. The van der Waals surface area contributed by atoms with Gasteiger partial charge in [0.25, 0.3) is 0 Å². The van der Waals surface area contributed by atoms with E-state index in [0.717, 1.165) is 9.80 Å². The zero-order valence-electron chi connectivity index (χ0n) is 45.6. The minimum atomic E-state index is -1.50. The molecule has 3 aliphatic heterocycles. The van der Waals surface area contributed by atoms with Gasteiger partial charge in [-0.25, -0.2) is 9.59 Å². The summed E-state index contributed by atoms with van der Waals surface area (Å²) in [4.78, 5) is 169. The van der Waals surface area contributed by atoms with E-state index < -0.39 is 164 Å². The van der Waals surface area contributed by atoms with Gasteiger partial charge >= 0.3 is 12.2 Å². The van der Waals surface area contributed by atoms with Crippen molar-refractivity contribution in [2.24, 2.45) is 11.8 Å². The van der Waals surface area contributed by atoms with Crippen LogP contribution in [-0.2, 0) is 64.0 Å². The zero-order valence-corrected chi connectivity index (χ0v) is 45.6. The zero-order chi connectivity index (χ0) is 57.1. The largest absolute Gasteiger partial charge is 0.445 e. The molecule has 77 heavy (non-hydrogen) atoms. The lowest BCUT2D eigenvalue weighted by molar-refractivity contribution is -0.145. The van der Waals surface area contributed by atoms with E-state index in [9.17, 15) is 57.5 Å². The summed E-state index contributed by atoms with van der Waals surface area (Å²) in [5, 5.41) is 20.2. The number of ether oxygens (including phenoxy) is 2. The summed E-state index contributed by atoms with van der Waals surface area (Å²) in [6.07, 6.45) is 0.363. The van der Waals surface area contributed by atoms with Gasteiger partial charge in [0.2, 0.25) is 59.1 Å². The number of likely N-dealkylation sites (N-methyl/N-ethyl adjacent to an activating group) is 2. The van der Waals surface area contributed by atoms with E-state index in [1.807, 2.05) is 0 Å². The van der Waals surface area contributed by atoms with Crippen LogP contribution in [0.2, 0.25) is 0 Å². The minimum Gasteiger partial charge on any atom is -0.445 e. The third kappa shape index (κ3) is 18.9. The molecule has 26 nitrogen and oxygen atoms in total. The van der Waals surface area contributed by atoms with Crippen molar-refractivity contribution in [3.05, 3.63) is 35.9 Å². The molecular weight excluding hydrogens is 1000 g/mol. The summed E-state index contributed by atoms with van der Waals surface area (Å²) < 4.78 is 10.8. The first-order valence-electron chi connectivity index (χ1n) is 26.0. The minimum absolute atomic E-state index is 0.0667. The van der Waals surface area contributed by atoms with Gasteiger partial charge in [0.05, 0.1) is 26.2 Å². The van der Waals surface area contributed by atoms with Crippen LogP contribution in [-0.4, -0.2) is 199 Å². The predicted molar refractivity (Wildman–Crippen MR) is 276 cm³/mol. The number of carbonyl (C=O) groups is 12. The first-order valence-corrected chi connectivity index (χ1v) is 26.0. The molecule has 0 bridgehead atoms. The Hall–Kier alpha value is -7.54. The fourth-order valence-corrected chi connectivity index (χ4v) is 9.16. The van der Waals surface area contributed by atoms with E-state index >= 15 is 0 Å². The Morgan fingerprint density at radius 1 is 0.571 bits per heavy atom. The highest BCUT2D eigenvalue weighted by atomic mass is 16.6. The van der Waals surface area contributed by atoms with Gasteiger partial charge in [0, 0.05) is 40.3 Å². The predicted octanol–water partition coefficient (Wildman–Crippen LogP) is -1.39. The number of hydrogen-bond donors (Lipinski definition) is 8. The van der Waals surface area contributed by atoms with Crippen molar-refractivity contribution in [2.45, 2.75) is 135 Å². The molecule has 426 valence electrons. The lowest BCUT2D eigenvalue weighted by atomic mass is 9.99. The smallest absolute Gasteiger partial charge is 0.408 e. The topological polar surface area (TPSA) is 332 Å². The Morgan fingerprint density at radius 2 is 0.987 bits per heavy atom. The van der Waals surface area contributed by atoms with Gasteiger partial charge in [0.1, 0.15) is 48.5 Å². The van der Waals surface area contributed by atoms with Gasteiger partial charge < -0.3 is 71.6 Å². The van der Waals surface area contributed by atoms with Gasteiger partial charge in [-0.15, -0.1) is 0 Å². The van der Waals surface area contributed by atoms with Crippen molar-refractivity contribution in [3.63, 3.8) is 0 Å². The van der Waals surface area contributed by atoms with Crippen molar-refractivity contribution in [3.8, 4) is 0 Å². The second-order valence-corrected chi connectivity index (χ2v) is 20.9. The maximum atomic E-state index is 14.4. The molecular formula is C51H78N12O14. The van der Waals surface area contributed by atoms with Gasteiger partial charge in [-0.1, -0.05) is 58.0 Å². The number of nitrogens with one attached hydrogen (secondary N) is 8. The molecule has 3 fully saturated rings. The number of benzene rings is 1. The highest BCUT2D eigenvalue weighted by Gasteiger charge is 2.40. The van der Waals surface area contributed by atoms with Crippen molar-refractivity contribution < 1.29 is 67.0 Å². The Morgan fingerprint density at radius 3 is 1.39 bits per heavy atom. The van der Waals surface area contributed by atoms with Crippen molar-refractivity contribution in [1.82, 2.24) is 62.1 Å². The van der Waals surface area contributed by atoms with Crippen molar-refractivity contribution >= 4 is 71.3 Å². The highest BCUT2D eigenvalue weighted by molar-refractivity contribution is 5.97. The van der Waals surface area contributed by atoms with E-state index in [-0.39, 0.29) is 32.5 Å². The second-order valence-electron chi connectivity index (χ2n) is 20.9. The maximum absolute atomic E-state index is 14.4. The maximum Gasteiger partial charge on any atom is 0.408 e. The number of nitrogens with zero attached hydrogens (tertiary/aromatic N) is 4. The van der Waals surface area contributed by atoms with Gasteiger partial charge in [0.15, 0.2) is 0 Å². The SMILES string of the molecule is CC(C)[C@H]1C(=O)NC[C@@H](NC(=O)OCc2ccccc2)C(=O)N2CCCC[C@H]2C(=O)NCC(=O)NCC(=O)N(C)[C@@H](C(C)C)C(=O)NC[C@@H](NC(=O)OC(C)(C)C)C(=O)N2CCCC[C@H]2C(=O)NCC(=O)NCC(=O)N1C. The molecule has 0 aliphatic carbocycles. The summed E-state index contributed by atoms with van der Waals surface area (Å²) in [6, 6.07) is 1.18. The lowest BCUT2D eigenvalue weighted by Crippen LogP contribution is -2.61. The number of carbonyl (C=O) groups excluding carboxylic acids is 12. The molecule has 26 heteroatoms. The monoisotopic (exact) mass is 1080 g/mol. The van der Waals surface area contributed by atoms with Crippen LogP contribution in [0.4, 0.5) is 9.59 Å². The molecule has 1 aromatic rings. The Kier molecular flexibility index (Phi) is 23.4. The molecule has 6 atom stereocenters. The second kappa shape index (κ2) is 29.1. The molecule has 0 unspecified atom stereocenters. The summed E-state index contributed by atoms with van der Waals surface area (Å²) in [5.41, 5.74) is -0.334. The van der Waals surface area contributed by atoms with Crippen LogP contribution in [0, 0.1) is 11.8 Å². The van der Waals surface area contributed by atoms with Crippen LogP contribution in [0.5, 0.6) is 0 Å². The summed E-state index contributed by atoms with van der Waals surface area (Å²) in [7, 11) is 2.69. The highest BCUT2D eigenvalue weighted by Crippen LogP contribution is 2.21. The van der Waals surface area contributed by atoms with Crippen LogP contribution in [0.25, 0.3) is 0 Å². The van der Waals surface area contributed by atoms with Crippen LogP contribution in [0.1, 0.15) is 92.6 Å². The van der Waals surface area contributed by atoms with Crippen LogP contribution >= 0.6 is 0 Å². The Labute approximate surface area is 448 Å². The van der Waals surface area contributed by atoms with Crippen LogP contribution in [0.15, 0.2) is 30.3 Å². The molecule has 3 aliphatic rings. The van der Waals surface area contributed by atoms with Crippen molar-refractivity contribution in [1.29, 1.82) is 0 Å². The van der Waals surface area contributed by atoms with Crippen molar-refractivity contribution in [2.75, 3.05) is 66.5 Å². The molecule has 0 spiro atoms. The van der Waals surface area contributed by atoms with E-state index in [2.05, 4.69) is 42.5 Å². The fourth-order valence-electron chi connectivity index (χ4n) is 9.16. The third-order valence-corrected chi connectivity index (χ3v) is 13.1. The molecule has 12 amide bonds. The standard InChI is InChI=1S/C51H78N12O14/c1-30(2)41-45(70)54-23-33(58-49(74)76-29-32-17-11-10-12-18-32)47(72)62-21-15-13-19-35(62)43(68)56-25-37(64)53-28-40(67)61(9)42(31(3)4)46(71)55-24-34(59-50(75)77-51(5,6)7)48(73)63-22-16-14-20-36(63)44(69)57-26-38(65)52-27-39(66)60(41)8/h10-12,17-18,30-31,33-36,41-42H,13-16,19-29H2,1-9H3,(H,52,65)(H,53,64)(H,54,70)(H,55,71)(H,56,68)(H,57,69)(H,58,74)(H,59,75)/t33-,34-,35+,36+,41+,42+/m1/s1. The number of hydrogen-bond acceptors (Lipinski definition) is 14. The number of alkyl carbamates (subject to hydrolysis) is 2. The van der Waals surface area contributed by atoms with E-state index in [1.54, 1.807) is 78.8 Å². The summed E-state index contributed by atoms with van der Waals surface area (Å²) >= 11 is 0. The molecule has 3 saturated heterocycles. The molecule has 4 rings (SSSR count). The molecule has 8 N–H and O–H groups in total. The number of piperidine rings is 2. The molecule has 0 saturated carbocycles. The summed E-state index contributed by atoms with van der Waals surface area (Å²) in [6.45, 7) is 8.04. The van der Waals surface area contributed by atoms with E-state index in [0.29, 0.717) is 31.2 Å². The number of rotatable bonds is 6. The summed E-state index contributed by atoms with van der Waals surface area (Å²) in [5.74, 6) is -8.38. The Balaban J connectivity index is 1.63.